The number of amides is 1. The summed E-state index contributed by atoms with van der Waals surface area (Å²) in [6, 6.07) is 8.05. The van der Waals surface area contributed by atoms with Crippen molar-refractivity contribution >= 4 is 11.4 Å². The average Bonchev–Trinajstić information content (AvgIpc) is 3.44. The molecule has 4 aromatic rings. The lowest BCUT2D eigenvalue weighted by atomic mass is 10.0. The molecule has 0 N–H and O–H groups in total. The number of aromatic nitrogens is 6. The van der Waals surface area contributed by atoms with Gasteiger partial charge in [-0.15, -0.1) is 0 Å². The number of fused-ring (bicyclic) bond motifs is 1. The van der Waals surface area contributed by atoms with Crippen molar-refractivity contribution in [1.29, 1.82) is 0 Å². The van der Waals surface area contributed by atoms with Crippen LogP contribution in [0.25, 0.3) is 23.0 Å². The summed E-state index contributed by atoms with van der Waals surface area (Å²) in [5.41, 5.74) is 1.89. The lowest BCUT2D eigenvalue weighted by Crippen LogP contribution is -2.44. The zero-order valence-electron chi connectivity index (χ0n) is 17.6. The smallest absolute Gasteiger partial charge is 0.274 e. The van der Waals surface area contributed by atoms with Crippen LogP contribution in [0.5, 0.6) is 0 Å². The van der Waals surface area contributed by atoms with E-state index in [1.165, 1.54) is 0 Å². The van der Waals surface area contributed by atoms with E-state index in [0.717, 1.165) is 31.4 Å². The molecule has 4 aromatic heterocycles. The quantitative estimate of drug-likeness (QED) is 0.507. The monoisotopic (exact) mass is 416 g/mol. The SMILES string of the molecule is CN(C)C1CCN(C(=O)c2nc(-c3cn(-c4ncccn4)cn3)n3ccccc23)CC1. The second-order valence-corrected chi connectivity index (χ2v) is 7.94. The van der Waals surface area contributed by atoms with E-state index in [0.29, 0.717) is 29.2 Å². The van der Waals surface area contributed by atoms with Gasteiger partial charge in [0.15, 0.2) is 11.5 Å². The summed E-state index contributed by atoms with van der Waals surface area (Å²) in [6.45, 7) is 1.48. The Bertz CT molecular complexity index is 1200. The minimum absolute atomic E-state index is 0.0296. The molecule has 1 aliphatic rings. The van der Waals surface area contributed by atoms with Crippen LogP contribution in [0, 0.1) is 0 Å². The lowest BCUT2D eigenvalue weighted by Gasteiger charge is -2.34. The van der Waals surface area contributed by atoms with E-state index in [-0.39, 0.29) is 5.91 Å². The Hall–Kier alpha value is -3.59. The molecule has 5 rings (SSSR count). The van der Waals surface area contributed by atoms with Crippen LogP contribution in [0.4, 0.5) is 0 Å². The molecule has 158 valence electrons. The predicted octanol–water partition coefficient (Wildman–Crippen LogP) is 2.14. The van der Waals surface area contributed by atoms with Gasteiger partial charge in [0.25, 0.3) is 5.91 Å². The largest absolute Gasteiger partial charge is 0.337 e. The van der Waals surface area contributed by atoms with Crippen LogP contribution in [-0.2, 0) is 0 Å². The summed E-state index contributed by atoms with van der Waals surface area (Å²) < 4.78 is 3.66. The van der Waals surface area contributed by atoms with Gasteiger partial charge in [0.05, 0.1) is 5.52 Å². The first-order valence-corrected chi connectivity index (χ1v) is 10.4. The molecule has 0 spiro atoms. The number of carbonyl (C=O) groups is 1. The van der Waals surface area contributed by atoms with Gasteiger partial charge in [-0.3, -0.25) is 13.8 Å². The highest BCUT2D eigenvalue weighted by atomic mass is 16.2. The van der Waals surface area contributed by atoms with Crippen molar-refractivity contribution in [1.82, 2.24) is 38.7 Å². The molecule has 1 aliphatic heterocycles. The molecule has 0 atom stereocenters. The van der Waals surface area contributed by atoms with Crippen LogP contribution < -0.4 is 0 Å². The molecule has 1 saturated heterocycles. The Labute approximate surface area is 180 Å². The number of rotatable bonds is 4. The standard InChI is InChI=1S/C22H24N8O/c1-27(2)16-7-12-28(13-8-16)21(31)19-18-6-3-4-11-30(18)20(26-19)17-14-29(15-25-17)22-23-9-5-10-24-22/h3-6,9-11,14-16H,7-8,12-13H2,1-2H3. The van der Waals surface area contributed by atoms with E-state index in [1.54, 1.807) is 29.4 Å². The van der Waals surface area contributed by atoms with Crippen LogP contribution in [0.1, 0.15) is 23.3 Å². The van der Waals surface area contributed by atoms with E-state index in [9.17, 15) is 4.79 Å². The summed E-state index contributed by atoms with van der Waals surface area (Å²) in [6.07, 6.45) is 10.7. The minimum atomic E-state index is -0.0296. The normalized spacial score (nSPS) is 15.1. The van der Waals surface area contributed by atoms with Crippen molar-refractivity contribution in [3.8, 4) is 17.5 Å². The molecule has 1 fully saturated rings. The maximum Gasteiger partial charge on any atom is 0.274 e. The van der Waals surface area contributed by atoms with Gasteiger partial charge in [0.1, 0.15) is 12.0 Å². The van der Waals surface area contributed by atoms with Crippen molar-refractivity contribution in [3.05, 3.63) is 61.1 Å². The first-order valence-electron chi connectivity index (χ1n) is 10.4. The third-order valence-electron chi connectivity index (χ3n) is 5.83. The van der Waals surface area contributed by atoms with Crippen LogP contribution in [-0.4, -0.2) is 77.8 Å². The molecule has 0 radical (unpaired) electrons. The molecule has 5 heterocycles. The van der Waals surface area contributed by atoms with Gasteiger partial charge in [-0.05, 0) is 45.1 Å². The summed E-state index contributed by atoms with van der Waals surface area (Å²) >= 11 is 0. The lowest BCUT2D eigenvalue weighted by molar-refractivity contribution is 0.0660. The zero-order chi connectivity index (χ0) is 21.4. The van der Waals surface area contributed by atoms with E-state index < -0.39 is 0 Å². The van der Waals surface area contributed by atoms with Gasteiger partial charge in [-0.25, -0.2) is 19.9 Å². The van der Waals surface area contributed by atoms with Crippen LogP contribution in [0.3, 0.4) is 0 Å². The maximum atomic E-state index is 13.4. The Balaban J connectivity index is 1.48. The van der Waals surface area contributed by atoms with Crippen molar-refractivity contribution < 1.29 is 4.79 Å². The number of hydrogen-bond donors (Lipinski definition) is 0. The van der Waals surface area contributed by atoms with Crippen LogP contribution in [0.2, 0.25) is 0 Å². The van der Waals surface area contributed by atoms with Gasteiger partial charge in [0.2, 0.25) is 5.95 Å². The second kappa shape index (κ2) is 7.92. The van der Waals surface area contributed by atoms with Gasteiger partial charge in [-0.1, -0.05) is 6.07 Å². The van der Waals surface area contributed by atoms with Crippen molar-refractivity contribution in [2.75, 3.05) is 27.2 Å². The average molecular weight is 416 g/mol. The summed E-state index contributed by atoms with van der Waals surface area (Å²) in [4.78, 5) is 35.2. The van der Waals surface area contributed by atoms with Crippen LogP contribution in [0.15, 0.2) is 55.4 Å². The molecule has 9 heteroatoms. The Morgan fingerprint density at radius 2 is 1.84 bits per heavy atom. The summed E-state index contributed by atoms with van der Waals surface area (Å²) in [5, 5.41) is 0. The number of piperidine rings is 1. The highest BCUT2D eigenvalue weighted by Crippen LogP contribution is 2.24. The molecule has 31 heavy (non-hydrogen) atoms. The Kier molecular flexibility index (Phi) is 4.95. The topological polar surface area (TPSA) is 84.5 Å². The fourth-order valence-electron chi connectivity index (χ4n) is 4.08. The number of hydrogen-bond acceptors (Lipinski definition) is 6. The van der Waals surface area contributed by atoms with Crippen molar-refractivity contribution in [3.63, 3.8) is 0 Å². The first-order chi connectivity index (χ1) is 15.1. The minimum Gasteiger partial charge on any atom is -0.337 e. The van der Waals surface area contributed by atoms with Gasteiger partial charge in [0, 0.05) is 43.9 Å². The van der Waals surface area contributed by atoms with E-state index >= 15 is 0 Å². The molecule has 0 unspecified atom stereocenters. The molecular weight excluding hydrogens is 392 g/mol. The molecule has 0 aliphatic carbocycles. The maximum absolute atomic E-state index is 13.4. The van der Waals surface area contributed by atoms with E-state index in [2.05, 4.69) is 33.9 Å². The fourth-order valence-corrected chi connectivity index (χ4v) is 4.08. The molecule has 0 saturated carbocycles. The number of pyridine rings is 1. The molecule has 9 nitrogen and oxygen atoms in total. The van der Waals surface area contributed by atoms with E-state index in [1.807, 2.05) is 39.9 Å². The third kappa shape index (κ3) is 3.57. The Morgan fingerprint density at radius 3 is 2.58 bits per heavy atom. The predicted molar refractivity (Wildman–Crippen MR) is 116 cm³/mol. The highest BCUT2D eigenvalue weighted by Gasteiger charge is 2.28. The number of likely N-dealkylation sites (tertiary alicyclic amines) is 1. The summed E-state index contributed by atoms with van der Waals surface area (Å²) in [5.74, 6) is 1.12. The van der Waals surface area contributed by atoms with E-state index in [4.69, 9.17) is 4.98 Å². The number of nitrogens with zero attached hydrogens (tertiary/aromatic N) is 8. The highest BCUT2D eigenvalue weighted by molar-refractivity contribution is 6.00. The van der Waals surface area contributed by atoms with Crippen molar-refractivity contribution in [2.24, 2.45) is 0 Å². The molecular formula is C22H24N8O. The molecule has 1 amide bonds. The number of imidazole rings is 2. The second-order valence-electron chi connectivity index (χ2n) is 7.94. The van der Waals surface area contributed by atoms with Gasteiger partial charge >= 0.3 is 0 Å². The molecule has 0 aromatic carbocycles. The van der Waals surface area contributed by atoms with Gasteiger partial charge < -0.3 is 9.80 Å². The fraction of sp³-hybridized carbons (Fsp3) is 0.318. The van der Waals surface area contributed by atoms with Crippen molar-refractivity contribution in [2.45, 2.75) is 18.9 Å². The molecule has 0 bridgehead atoms. The Morgan fingerprint density at radius 1 is 1.06 bits per heavy atom. The third-order valence-corrected chi connectivity index (χ3v) is 5.83. The van der Waals surface area contributed by atoms with Crippen LogP contribution >= 0.6 is 0 Å². The van der Waals surface area contributed by atoms with Gasteiger partial charge in [-0.2, -0.15) is 0 Å². The number of carbonyl (C=O) groups excluding carboxylic acids is 1. The first kappa shape index (κ1) is 19.4. The zero-order valence-corrected chi connectivity index (χ0v) is 17.6. The summed E-state index contributed by atoms with van der Waals surface area (Å²) in [7, 11) is 4.19.